The lowest BCUT2D eigenvalue weighted by Crippen LogP contribution is -2.16. The summed E-state index contributed by atoms with van der Waals surface area (Å²) in [6.07, 6.45) is 2.40. The van der Waals surface area contributed by atoms with Gasteiger partial charge in [0, 0.05) is 12.4 Å². The standard InChI is InChI=1S/C10H6ClFN4O4S/c11-9-10(14-5-4-13-9)15-21(19,20)7-3-1-2-6(12)8(7)16(17)18/h1-5H,(H,14,15). The van der Waals surface area contributed by atoms with Gasteiger partial charge in [-0.25, -0.2) is 18.4 Å². The average Bonchev–Trinajstić information content (AvgIpc) is 2.40. The van der Waals surface area contributed by atoms with Gasteiger partial charge in [0.25, 0.3) is 10.0 Å². The number of anilines is 1. The maximum atomic E-state index is 13.5. The molecular formula is C10H6ClFN4O4S. The van der Waals surface area contributed by atoms with E-state index < -0.39 is 31.3 Å². The first-order valence-electron chi connectivity index (χ1n) is 5.25. The van der Waals surface area contributed by atoms with Crippen molar-refractivity contribution in [3.8, 4) is 0 Å². The molecule has 0 aliphatic heterocycles. The van der Waals surface area contributed by atoms with E-state index in [0.717, 1.165) is 18.2 Å². The van der Waals surface area contributed by atoms with Crippen molar-refractivity contribution in [2.75, 3.05) is 4.72 Å². The molecule has 1 aromatic carbocycles. The van der Waals surface area contributed by atoms with E-state index in [9.17, 15) is 22.9 Å². The maximum absolute atomic E-state index is 13.5. The monoisotopic (exact) mass is 332 g/mol. The highest BCUT2D eigenvalue weighted by Gasteiger charge is 2.30. The number of nitro groups is 1. The Labute approximate surface area is 122 Å². The van der Waals surface area contributed by atoms with Crippen molar-refractivity contribution < 1.29 is 17.7 Å². The van der Waals surface area contributed by atoms with Crippen LogP contribution >= 0.6 is 11.6 Å². The zero-order valence-corrected chi connectivity index (χ0v) is 11.6. The van der Waals surface area contributed by atoms with Gasteiger partial charge in [-0.05, 0) is 12.1 Å². The molecule has 2 rings (SSSR count). The van der Waals surface area contributed by atoms with Gasteiger partial charge in [0.1, 0.15) is 0 Å². The van der Waals surface area contributed by atoms with Crippen molar-refractivity contribution in [2.24, 2.45) is 0 Å². The normalized spacial score (nSPS) is 11.1. The lowest BCUT2D eigenvalue weighted by molar-refractivity contribution is -0.390. The first kappa shape index (κ1) is 15.1. The maximum Gasteiger partial charge on any atom is 0.325 e. The third-order valence-corrected chi connectivity index (χ3v) is 3.95. The van der Waals surface area contributed by atoms with Gasteiger partial charge in [0.2, 0.25) is 5.82 Å². The number of para-hydroxylation sites is 1. The molecule has 0 bridgehead atoms. The van der Waals surface area contributed by atoms with Crippen LogP contribution in [0, 0.1) is 15.9 Å². The van der Waals surface area contributed by atoms with Crippen molar-refractivity contribution in [2.45, 2.75) is 4.90 Å². The van der Waals surface area contributed by atoms with E-state index in [2.05, 4.69) is 9.97 Å². The Bertz CT molecular complexity index is 814. The quantitative estimate of drug-likeness (QED) is 0.676. The molecule has 1 heterocycles. The second-order valence-corrected chi connectivity index (χ2v) is 5.65. The molecule has 11 heteroatoms. The van der Waals surface area contributed by atoms with Crippen molar-refractivity contribution >= 4 is 33.1 Å². The summed E-state index contributed by atoms with van der Waals surface area (Å²) < 4.78 is 39.6. The van der Waals surface area contributed by atoms with Crippen LogP contribution in [0.2, 0.25) is 5.15 Å². The number of nitro benzene ring substituents is 1. The minimum atomic E-state index is -4.45. The third-order valence-electron chi connectivity index (χ3n) is 2.31. The fourth-order valence-corrected chi connectivity index (χ4v) is 2.87. The van der Waals surface area contributed by atoms with Gasteiger partial charge in [0.15, 0.2) is 15.9 Å². The highest BCUT2D eigenvalue weighted by Crippen LogP contribution is 2.28. The van der Waals surface area contributed by atoms with E-state index in [1.807, 2.05) is 4.72 Å². The smallest absolute Gasteiger partial charge is 0.261 e. The van der Waals surface area contributed by atoms with Crippen LogP contribution in [0.15, 0.2) is 35.5 Å². The molecule has 21 heavy (non-hydrogen) atoms. The van der Waals surface area contributed by atoms with Crippen LogP contribution in [0.5, 0.6) is 0 Å². The van der Waals surface area contributed by atoms with Gasteiger partial charge in [-0.2, -0.15) is 4.39 Å². The van der Waals surface area contributed by atoms with Crippen molar-refractivity contribution in [1.29, 1.82) is 0 Å². The molecule has 0 aliphatic rings. The number of hydrogen-bond donors (Lipinski definition) is 1. The molecule has 0 radical (unpaired) electrons. The van der Waals surface area contributed by atoms with Gasteiger partial charge < -0.3 is 0 Å². The summed E-state index contributed by atoms with van der Waals surface area (Å²) in [5.74, 6) is -1.59. The van der Waals surface area contributed by atoms with E-state index in [1.54, 1.807) is 0 Å². The molecule has 0 saturated heterocycles. The van der Waals surface area contributed by atoms with Crippen LogP contribution in [0.25, 0.3) is 0 Å². The highest BCUT2D eigenvalue weighted by molar-refractivity contribution is 7.92. The number of aromatic nitrogens is 2. The minimum absolute atomic E-state index is 0.250. The average molecular weight is 333 g/mol. The Morgan fingerprint density at radius 3 is 2.57 bits per heavy atom. The largest absolute Gasteiger partial charge is 0.325 e. The number of halogens is 2. The molecule has 0 fully saturated rings. The summed E-state index contributed by atoms with van der Waals surface area (Å²) in [5.41, 5.74) is -1.16. The third kappa shape index (κ3) is 3.06. The minimum Gasteiger partial charge on any atom is -0.261 e. The van der Waals surface area contributed by atoms with E-state index >= 15 is 0 Å². The number of benzene rings is 1. The Balaban J connectivity index is 2.53. The molecule has 0 atom stereocenters. The Hall–Kier alpha value is -2.33. The fraction of sp³-hybridized carbons (Fsp3) is 0. The number of rotatable bonds is 4. The van der Waals surface area contributed by atoms with Crippen LogP contribution in [0.3, 0.4) is 0 Å². The Morgan fingerprint density at radius 1 is 1.29 bits per heavy atom. The first-order chi connectivity index (χ1) is 9.83. The molecule has 2 aromatic rings. The topological polar surface area (TPSA) is 115 Å². The molecule has 8 nitrogen and oxygen atoms in total. The number of nitrogens with zero attached hydrogens (tertiary/aromatic N) is 3. The molecule has 0 amide bonds. The Morgan fingerprint density at radius 2 is 1.95 bits per heavy atom. The van der Waals surface area contributed by atoms with Gasteiger partial charge in [-0.1, -0.05) is 17.7 Å². The van der Waals surface area contributed by atoms with Crippen LogP contribution in [0.4, 0.5) is 15.9 Å². The van der Waals surface area contributed by atoms with Gasteiger partial charge in [-0.15, -0.1) is 0 Å². The van der Waals surface area contributed by atoms with Crippen LogP contribution in [0.1, 0.15) is 0 Å². The van der Waals surface area contributed by atoms with Crippen molar-refractivity contribution in [1.82, 2.24) is 9.97 Å². The molecule has 0 spiro atoms. The predicted octanol–water partition coefficient (Wildman–Crippen LogP) is 1.98. The Kier molecular flexibility index (Phi) is 4.00. The van der Waals surface area contributed by atoms with Crippen molar-refractivity contribution in [3.05, 3.63) is 51.7 Å². The molecule has 0 saturated carbocycles. The second kappa shape index (κ2) is 5.58. The summed E-state index contributed by atoms with van der Waals surface area (Å²) in [7, 11) is -4.45. The summed E-state index contributed by atoms with van der Waals surface area (Å²) in [6.45, 7) is 0. The predicted molar refractivity (Wildman–Crippen MR) is 70.9 cm³/mol. The van der Waals surface area contributed by atoms with E-state index in [-0.39, 0.29) is 11.0 Å². The molecule has 110 valence electrons. The zero-order chi connectivity index (χ0) is 15.6. The second-order valence-electron chi connectivity index (χ2n) is 3.64. The van der Waals surface area contributed by atoms with E-state index in [1.165, 1.54) is 12.4 Å². The first-order valence-corrected chi connectivity index (χ1v) is 7.11. The number of nitrogens with one attached hydrogen (secondary N) is 1. The van der Waals surface area contributed by atoms with Gasteiger partial charge in [0.05, 0.1) is 4.92 Å². The summed E-state index contributed by atoms with van der Waals surface area (Å²) in [4.78, 5) is 16.1. The lowest BCUT2D eigenvalue weighted by atomic mass is 10.3. The van der Waals surface area contributed by atoms with E-state index in [4.69, 9.17) is 11.6 Å². The number of hydrogen-bond acceptors (Lipinski definition) is 6. The SMILES string of the molecule is O=[N+]([O-])c1c(F)cccc1S(=O)(=O)Nc1nccnc1Cl. The zero-order valence-electron chi connectivity index (χ0n) is 10.0. The van der Waals surface area contributed by atoms with Crippen LogP contribution in [-0.4, -0.2) is 23.3 Å². The molecular weight excluding hydrogens is 327 g/mol. The highest BCUT2D eigenvalue weighted by atomic mass is 35.5. The van der Waals surface area contributed by atoms with Crippen molar-refractivity contribution in [3.63, 3.8) is 0 Å². The fourth-order valence-electron chi connectivity index (χ4n) is 1.46. The lowest BCUT2D eigenvalue weighted by Gasteiger charge is -2.08. The van der Waals surface area contributed by atoms with Gasteiger partial charge >= 0.3 is 5.69 Å². The molecule has 0 aliphatic carbocycles. The summed E-state index contributed by atoms with van der Waals surface area (Å²) in [6, 6.07) is 2.72. The molecule has 1 aromatic heterocycles. The van der Waals surface area contributed by atoms with E-state index in [0.29, 0.717) is 0 Å². The summed E-state index contributed by atoms with van der Waals surface area (Å²) >= 11 is 5.64. The number of sulfonamides is 1. The summed E-state index contributed by atoms with van der Waals surface area (Å²) in [5, 5.41) is 10.6. The van der Waals surface area contributed by atoms with Crippen LogP contribution < -0.4 is 4.72 Å². The van der Waals surface area contributed by atoms with Crippen LogP contribution in [-0.2, 0) is 10.0 Å². The molecule has 1 N–H and O–H groups in total. The van der Waals surface area contributed by atoms with Gasteiger partial charge in [-0.3, -0.25) is 14.8 Å². The molecule has 0 unspecified atom stereocenters.